The van der Waals surface area contributed by atoms with Crippen molar-refractivity contribution < 1.29 is 8.78 Å². The molecular formula is C13H10F2N2S2. The number of halogens is 2. The predicted molar refractivity (Wildman–Crippen MR) is 75.2 cm³/mol. The van der Waals surface area contributed by atoms with E-state index in [0.29, 0.717) is 16.8 Å². The van der Waals surface area contributed by atoms with Crippen molar-refractivity contribution in [2.45, 2.75) is 13.5 Å². The third-order valence-electron chi connectivity index (χ3n) is 2.94. The number of nitrogens with zero attached hydrogens (tertiary/aromatic N) is 1. The molecule has 2 nitrogen and oxygen atoms in total. The van der Waals surface area contributed by atoms with Crippen LogP contribution in [0.4, 0.5) is 8.78 Å². The normalized spacial score (nSPS) is 11.3. The molecule has 6 heteroatoms. The zero-order chi connectivity index (χ0) is 13.6. The number of imidazole rings is 1. The van der Waals surface area contributed by atoms with Crippen molar-refractivity contribution in [2.24, 2.45) is 0 Å². The predicted octanol–water partition coefficient (Wildman–Crippen LogP) is 4.40. The fraction of sp³-hybridized carbons (Fsp3) is 0.154. The van der Waals surface area contributed by atoms with Crippen molar-refractivity contribution >= 4 is 34.6 Å². The highest BCUT2D eigenvalue weighted by molar-refractivity contribution is 7.71. The highest BCUT2D eigenvalue weighted by Gasteiger charge is 2.14. The monoisotopic (exact) mass is 296 g/mol. The van der Waals surface area contributed by atoms with E-state index in [0.717, 1.165) is 10.9 Å². The lowest BCUT2D eigenvalue weighted by atomic mass is 10.3. The molecule has 0 amide bonds. The Morgan fingerprint density at radius 2 is 2.05 bits per heavy atom. The number of H-pyrrole nitrogens is 1. The Labute approximate surface area is 117 Å². The Morgan fingerprint density at radius 3 is 2.74 bits per heavy atom. The Morgan fingerprint density at radius 1 is 1.26 bits per heavy atom. The van der Waals surface area contributed by atoms with Gasteiger partial charge in [-0.2, -0.15) is 0 Å². The molecule has 0 fully saturated rings. The lowest BCUT2D eigenvalue weighted by Crippen LogP contribution is -2.00. The van der Waals surface area contributed by atoms with Crippen LogP contribution in [0.2, 0.25) is 0 Å². The van der Waals surface area contributed by atoms with Gasteiger partial charge in [0.1, 0.15) is 5.52 Å². The van der Waals surface area contributed by atoms with Gasteiger partial charge in [0, 0.05) is 9.75 Å². The Kier molecular flexibility index (Phi) is 2.99. The van der Waals surface area contributed by atoms with Crippen LogP contribution in [-0.2, 0) is 6.54 Å². The first-order valence-corrected chi connectivity index (χ1v) is 6.90. The van der Waals surface area contributed by atoms with Gasteiger partial charge in [-0.3, -0.25) is 0 Å². The van der Waals surface area contributed by atoms with Crippen molar-refractivity contribution in [2.75, 3.05) is 0 Å². The van der Waals surface area contributed by atoms with Gasteiger partial charge in [-0.1, -0.05) is 0 Å². The van der Waals surface area contributed by atoms with Crippen molar-refractivity contribution in [1.29, 1.82) is 0 Å². The molecule has 2 heterocycles. The van der Waals surface area contributed by atoms with Gasteiger partial charge in [-0.15, -0.1) is 11.3 Å². The Hall–Kier alpha value is -1.53. The van der Waals surface area contributed by atoms with E-state index in [9.17, 15) is 8.78 Å². The molecule has 0 unspecified atom stereocenters. The summed E-state index contributed by atoms with van der Waals surface area (Å²) in [5, 5.41) is 0. The standard InChI is InChI=1S/C13H10F2N2S2/c1-7-2-3-8(19-7)6-17-12-10(16-13(17)18)5-4-9(14)11(12)15/h2-5H,6H2,1H3,(H,16,18). The van der Waals surface area contributed by atoms with E-state index in [1.165, 1.54) is 10.9 Å². The van der Waals surface area contributed by atoms with Crippen LogP contribution < -0.4 is 0 Å². The van der Waals surface area contributed by atoms with Gasteiger partial charge in [0.25, 0.3) is 0 Å². The molecule has 98 valence electrons. The van der Waals surface area contributed by atoms with E-state index in [-0.39, 0.29) is 5.52 Å². The van der Waals surface area contributed by atoms with E-state index >= 15 is 0 Å². The lowest BCUT2D eigenvalue weighted by Gasteiger charge is -2.03. The number of hydrogen-bond donors (Lipinski definition) is 1. The molecule has 0 saturated carbocycles. The highest BCUT2D eigenvalue weighted by atomic mass is 32.1. The minimum atomic E-state index is -0.863. The fourth-order valence-electron chi connectivity index (χ4n) is 2.07. The molecule has 2 aromatic heterocycles. The molecule has 0 radical (unpaired) electrons. The summed E-state index contributed by atoms with van der Waals surface area (Å²) in [6.07, 6.45) is 0. The number of aromatic amines is 1. The number of nitrogens with one attached hydrogen (secondary N) is 1. The van der Waals surface area contributed by atoms with E-state index in [1.807, 2.05) is 19.1 Å². The first-order valence-electron chi connectivity index (χ1n) is 5.68. The van der Waals surface area contributed by atoms with E-state index in [2.05, 4.69) is 4.98 Å². The minimum absolute atomic E-state index is 0.191. The van der Waals surface area contributed by atoms with Crippen LogP contribution in [0.1, 0.15) is 9.75 Å². The third-order valence-corrected chi connectivity index (χ3v) is 4.24. The topological polar surface area (TPSA) is 20.7 Å². The number of aromatic nitrogens is 2. The second-order valence-electron chi connectivity index (χ2n) is 4.29. The van der Waals surface area contributed by atoms with Crippen LogP contribution in [0.15, 0.2) is 24.3 Å². The second-order valence-corrected chi connectivity index (χ2v) is 6.05. The molecule has 0 atom stereocenters. The number of aryl methyl sites for hydroxylation is 1. The van der Waals surface area contributed by atoms with Crippen molar-refractivity contribution in [1.82, 2.24) is 9.55 Å². The summed E-state index contributed by atoms with van der Waals surface area (Å²) in [5.74, 6) is -1.73. The molecule has 1 N–H and O–H groups in total. The van der Waals surface area contributed by atoms with Crippen LogP contribution in [0.3, 0.4) is 0 Å². The third kappa shape index (κ3) is 2.11. The lowest BCUT2D eigenvalue weighted by molar-refractivity contribution is 0.512. The molecule has 0 aliphatic carbocycles. The van der Waals surface area contributed by atoms with Gasteiger partial charge in [-0.05, 0) is 43.4 Å². The smallest absolute Gasteiger partial charge is 0.184 e. The van der Waals surface area contributed by atoms with Gasteiger partial charge in [0.05, 0.1) is 12.1 Å². The van der Waals surface area contributed by atoms with E-state index in [4.69, 9.17) is 12.2 Å². The van der Waals surface area contributed by atoms with Crippen LogP contribution in [0.25, 0.3) is 11.0 Å². The van der Waals surface area contributed by atoms with Crippen LogP contribution in [0, 0.1) is 23.3 Å². The summed E-state index contributed by atoms with van der Waals surface area (Å²) in [5.41, 5.74) is 0.702. The summed E-state index contributed by atoms with van der Waals surface area (Å²) in [7, 11) is 0. The maximum Gasteiger partial charge on any atom is 0.184 e. The fourth-order valence-corrected chi connectivity index (χ4v) is 3.21. The molecule has 19 heavy (non-hydrogen) atoms. The summed E-state index contributed by atoms with van der Waals surface area (Å²) < 4.78 is 29.3. The maximum atomic E-state index is 13.9. The van der Waals surface area contributed by atoms with E-state index in [1.54, 1.807) is 15.9 Å². The molecular weight excluding hydrogens is 286 g/mol. The second kappa shape index (κ2) is 4.54. The van der Waals surface area contributed by atoms with Crippen molar-refractivity contribution in [3.8, 4) is 0 Å². The summed E-state index contributed by atoms with van der Waals surface area (Å²) >= 11 is 6.80. The largest absolute Gasteiger partial charge is 0.330 e. The van der Waals surface area contributed by atoms with Crippen LogP contribution in [-0.4, -0.2) is 9.55 Å². The maximum absolute atomic E-state index is 13.9. The number of thiophene rings is 1. The molecule has 0 spiro atoms. The van der Waals surface area contributed by atoms with Gasteiger partial charge in [-0.25, -0.2) is 8.78 Å². The SMILES string of the molecule is Cc1ccc(Cn2c(=S)[nH]c3ccc(F)c(F)c32)s1. The molecule has 1 aromatic carbocycles. The van der Waals surface area contributed by atoms with E-state index < -0.39 is 11.6 Å². The summed E-state index contributed by atoms with van der Waals surface area (Å²) in [4.78, 5) is 5.13. The average molecular weight is 296 g/mol. The zero-order valence-corrected chi connectivity index (χ0v) is 11.7. The molecule has 0 aliphatic heterocycles. The van der Waals surface area contributed by atoms with Gasteiger partial charge < -0.3 is 9.55 Å². The van der Waals surface area contributed by atoms with Gasteiger partial charge in [0.2, 0.25) is 0 Å². The first-order chi connectivity index (χ1) is 9.06. The molecule has 0 aliphatic rings. The Bertz CT molecular complexity index is 814. The van der Waals surface area contributed by atoms with Gasteiger partial charge >= 0.3 is 0 Å². The molecule has 3 aromatic rings. The first kappa shape index (κ1) is 12.5. The minimum Gasteiger partial charge on any atom is -0.330 e. The average Bonchev–Trinajstić information content (AvgIpc) is 2.90. The number of benzene rings is 1. The number of fused-ring (bicyclic) bond motifs is 1. The van der Waals surface area contributed by atoms with Crippen LogP contribution >= 0.6 is 23.6 Å². The number of hydrogen-bond acceptors (Lipinski definition) is 2. The molecule has 3 rings (SSSR count). The van der Waals surface area contributed by atoms with Crippen LogP contribution in [0.5, 0.6) is 0 Å². The summed E-state index contributed by atoms with van der Waals surface area (Å²) in [6, 6.07) is 6.56. The van der Waals surface area contributed by atoms with Crippen molar-refractivity contribution in [3.05, 3.63) is 50.4 Å². The molecule has 0 saturated heterocycles. The summed E-state index contributed by atoms with van der Waals surface area (Å²) in [6.45, 7) is 2.45. The zero-order valence-electron chi connectivity index (χ0n) is 10.0. The number of rotatable bonds is 2. The Balaban J connectivity index is 2.20. The van der Waals surface area contributed by atoms with Crippen molar-refractivity contribution in [3.63, 3.8) is 0 Å². The highest BCUT2D eigenvalue weighted by Crippen LogP contribution is 2.23. The molecule has 0 bridgehead atoms. The van der Waals surface area contributed by atoms with Gasteiger partial charge in [0.15, 0.2) is 16.4 Å². The quantitative estimate of drug-likeness (QED) is 0.695.